The topological polar surface area (TPSA) is 38.9 Å². The fraction of sp³-hybridized carbons (Fsp3) is 0.667. The van der Waals surface area contributed by atoms with E-state index in [2.05, 4.69) is 4.98 Å². The van der Waals surface area contributed by atoms with Gasteiger partial charge < -0.3 is 5.73 Å². The SMILES string of the molecule is Cc1nc(CC2(F)CC(N)C2)cs1. The first-order chi connectivity index (χ1) is 6.07. The number of nitrogens with two attached hydrogens (primary N) is 1. The lowest BCUT2D eigenvalue weighted by molar-refractivity contribution is 0.0436. The zero-order valence-corrected chi connectivity index (χ0v) is 8.40. The standard InChI is InChI=1S/C9H13FN2S/c1-6-12-8(5-13-6)4-9(10)2-7(11)3-9/h5,7H,2-4,11H2,1H3. The monoisotopic (exact) mass is 200 g/mol. The molecule has 2 nitrogen and oxygen atoms in total. The summed E-state index contributed by atoms with van der Waals surface area (Å²) >= 11 is 1.57. The predicted octanol–water partition coefficient (Wildman–Crippen LogP) is 1.82. The smallest absolute Gasteiger partial charge is 0.119 e. The number of hydrogen-bond donors (Lipinski definition) is 1. The van der Waals surface area contributed by atoms with Gasteiger partial charge in [-0.2, -0.15) is 0 Å². The summed E-state index contributed by atoms with van der Waals surface area (Å²) in [5.41, 5.74) is 5.36. The third-order valence-electron chi connectivity index (χ3n) is 2.42. The first kappa shape index (κ1) is 9.09. The highest BCUT2D eigenvalue weighted by Crippen LogP contribution is 2.37. The van der Waals surface area contributed by atoms with Crippen molar-refractivity contribution in [3.8, 4) is 0 Å². The van der Waals surface area contributed by atoms with E-state index in [1.165, 1.54) is 0 Å². The molecule has 0 radical (unpaired) electrons. The summed E-state index contributed by atoms with van der Waals surface area (Å²) in [5.74, 6) is 0. The van der Waals surface area contributed by atoms with E-state index in [1.807, 2.05) is 12.3 Å². The van der Waals surface area contributed by atoms with Gasteiger partial charge in [-0.15, -0.1) is 11.3 Å². The summed E-state index contributed by atoms with van der Waals surface area (Å²) in [5, 5.41) is 2.93. The third-order valence-corrected chi connectivity index (χ3v) is 3.24. The maximum atomic E-state index is 13.7. The fourth-order valence-corrected chi connectivity index (χ4v) is 2.45. The molecule has 0 saturated heterocycles. The second kappa shape index (κ2) is 3.03. The van der Waals surface area contributed by atoms with Gasteiger partial charge in [0.25, 0.3) is 0 Å². The highest BCUT2D eigenvalue weighted by Gasteiger charge is 2.43. The van der Waals surface area contributed by atoms with E-state index in [4.69, 9.17) is 5.73 Å². The first-order valence-corrected chi connectivity index (χ1v) is 5.31. The van der Waals surface area contributed by atoms with Gasteiger partial charge in [0.1, 0.15) is 5.67 Å². The van der Waals surface area contributed by atoms with Gasteiger partial charge in [0.05, 0.1) is 10.7 Å². The van der Waals surface area contributed by atoms with Crippen LogP contribution in [0.5, 0.6) is 0 Å². The van der Waals surface area contributed by atoms with Crippen molar-refractivity contribution in [3.63, 3.8) is 0 Å². The lowest BCUT2D eigenvalue weighted by atomic mass is 9.75. The van der Waals surface area contributed by atoms with Gasteiger partial charge in [-0.25, -0.2) is 9.37 Å². The number of halogens is 1. The first-order valence-electron chi connectivity index (χ1n) is 4.43. The third kappa shape index (κ3) is 1.89. The van der Waals surface area contributed by atoms with E-state index < -0.39 is 5.67 Å². The minimum Gasteiger partial charge on any atom is -0.327 e. The summed E-state index contributed by atoms with van der Waals surface area (Å²) in [6.07, 6.45) is 1.41. The van der Waals surface area contributed by atoms with Crippen LogP contribution >= 0.6 is 11.3 Å². The zero-order valence-electron chi connectivity index (χ0n) is 7.59. The average molecular weight is 200 g/mol. The Bertz CT molecular complexity index is 304. The summed E-state index contributed by atoms with van der Waals surface area (Å²) in [6, 6.07) is 0.0599. The quantitative estimate of drug-likeness (QED) is 0.791. The van der Waals surface area contributed by atoms with Crippen LogP contribution in [0.25, 0.3) is 0 Å². The molecule has 1 aliphatic rings. The van der Waals surface area contributed by atoms with Crippen molar-refractivity contribution in [2.24, 2.45) is 5.73 Å². The fourth-order valence-electron chi connectivity index (χ4n) is 1.84. The van der Waals surface area contributed by atoms with Crippen LogP contribution in [0.3, 0.4) is 0 Å². The van der Waals surface area contributed by atoms with Gasteiger partial charge in [-0.3, -0.25) is 0 Å². The average Bonchev–Trinajstić information content (AvgIpc) is 2.32. The lowest BCUT2D eigenvalue weighted by Gasteiger charge is -2.38. The second-order valence-corrected chi connectivity index (χ2v) is 4.92. The van der Waals surface area contributed by atoms with Crippen LogP contribution in [-0.4, -0.2) is 16.7 Å². The zero-order chi connectivity index (χ0) is 9.47. The number of thiazole rings is 1. The molecule has 4 heteroatoms. The van der Waals surface area contributed by atoms with Gasteiger partial charge in [-0.1, -0.05) is 0 Å². The van der Waals surface area contributed by atoms with Crippen molar-refractivity contribution in [2.75, 3.05) is 0 Å². The van der Waals surface area contributed by atoms with E-state index in [0.717, 1.165) is 10.7 Å². The molecule has 1 aliphatic carbocycles. The Hall–Kier alpha value is -0.480. The second-order valence-electron chi connectivity index (χ2n) is 3.85. The Morgan fingerprint density at radius 3 is 2.92 bits per heavy atom. The maximum absolute atomic E-state index is 13.7. The van der Waals surface area contributed by atoms with Gasteiger partial charge >= 0.3 is 0 Å². The number of nitrogens with zero attached hydrogens (tertiary/aromatic N) is 1. The van der Waals surface area contributed by atoms with Crippen LogP contribution in [0.1, 0.15) is 23.5 Å². The molecular formula is C9H13FN2S. The largest absolute Gasteiger partial charge is 0.327 e. The van der Waals surface area contributed by atoms with E-state index in [0.29, 0.717) is 19.3 Å². The van der Waals surface area contributed by atoms with Crippen molar-refractivity contribution in [2.45, 2.75) is 37.9 Å². The summed E-state index contributed by atoms with van der Waals surface area (Å²) in [6.45, 7) is 1.94. The Morgan fingerprint density at radius 2 is 2.46 bits per heavy atom. The van der Waals surface area contributed by atoms with Gasteiger partial charge in [0, 0.05) is 17.8 Å². The molecule has 0 aromatic carbocycles. The molecule has 13 heavy (non-hydrogen) atoms. The molecular weight excluding hydrogens is 187 g/mol. The van der Waals surface area contributed by atoms with Crippen LogP contribution < -0.4 is 5.73 Å². The van der Waals surface area contributed by atoms with Crippen LogP contribution in [0.2, 0.25) is 0 Å². The molecule has 1 heterocycles. The van der Waals surface area contributed by atoms with Crippen LogP contribution in [0, 0.1) is 6.92 Å². The molecule has 1 aromatic heterocycles. The number of aromatic nitrogens is 1. The molecule has 72 valence electrons. The number of aryl methyl sites for hydroxylation is 1. The summed E-state index contributed by atoms with van der Waals surface area (Å²) in [7, 11) is 0. The van der Waals surface area contributed by atoms with Crippen molar-refractivity contribution in [3.05, 3.63) is 16.1 Å². The van der Waals surface area contributed by atoms with Crippen molar-refractivity contribution in [1.82, 2.24) is 4.98 Å². The maximum Gasteiger partial charge on any atom is 0.119 e. The van der Waals surface area contributed by atoms with Gasteiger partial charge in [0.2, 0.25) is 0 Å². The van der Waals surface area contributed by atoms with E-state index >= 15 is 0 Å². The molecule has 1 saturated carbocycles. The Labute approximate surface area is 81.0 Å². The molecule has 0 bridgehead atoms. The van der Waals surface area contributed by atoms with Crippen LogP contribution in [0.4, 0.5) is 4.39 Å². The normalized spacial score (nSPS) is 33.0. The number of rotatable bonds is 2. The Balaban J connectivity index is 1.99. The Kier molecular flexibility index (Phi) is 2.12. The molecule has 0 unspecified atom stereocenters. The molecule has 2 N–H and O–H groups in total. The van der Waals surface area contributed by atoms with E-state index in [9.17, 15) is 4.39 Å². The minimum atomic E-state index is -1.07. The molecule has 1 aromatic rings. The molecule has 0 spiro atoms. The van der Waals surface area contributed by atoms with Crippen molar-refractivity contribution < 1.29 is 4.39 Å². The van der Waals surface area contributed by atoms with Crippen molar-refractivity contribution >= 4 is 11.3 Å². The van der Waals surface area contributed by atoms with Crippen LogP contribution in [-0.2, 0) is 6.42 Å². The van der Waals surface area contributed by atoms with E-state index in [1.54, 1.807) is 11.3 Å². The van der Waals surface area contributed by atoms with Crippen molar-refractivity contribution in [1.29, 1.82) is 0 Å². The summed E-state index contributed by atoms with van der Waals surface area (Å²) < 4.78 is 13.7. The predicted molar refractivity (Wildman–Crippen MR) is 51.6 cm³/mol. The van der Waals surface area contributed by atoms with E-state index in [-0.39, 0.29) is 6.04 Å². The molecule has 0 atom stereocenters. The lowest BCUT2D eigenvalue weighted by Crippen LogP contribution is -2.49. The molecule has 2 rings (SSSR count). The number of alkyl halides is 1. The molecule has 1 fully saturated rings. The molecule has 0 aliphatic heterocycles. The number of hydrogen-bond acceptors (Lipinski definition) is 3. The summed E-state index contributed by atoms with van der Waals surface area (Å²) in [4.78, 5) is 4.24. The van der Waals surface area contributed by atoms with Gasteiger partial charge in [0.15, 0.2) is 0 Å². The molecule has 0 amide bonds. The minimum absolute atomic E-state index is 0.0599. The highest BCUT2D eigenvalue weighted by atomic mass is 32.1. The van der Waals surface area contributed by atoms with Crippen LogP contribution in [0.15, 0.2) is 5.38 Å². The Morgan fingerprint density at radius 1 is 1.77 bits per heavy atom. The van der Waals surface area contributed by atoms with Gasteiger partial charge in [-0.05, 0) is 19.8 Å². The highest BCUT2D eigenvalue weighted by molar-refractivity contribution is 7.09.